The predicted molar refractivity (Wildman–Crippen MR) is 102 cm³/mol. The molecule has 2 aromatic rings. The molecule has 0 radical (unpaired) electrons. The molecule has 1 aromatic heterocycles. The Morgan fingerprint density at radius 3 is 2.92 bits per heavy atom. The summed E-state index contributed by atoms with van der Waals surface area (Å²) in [4.78, 5) is 20.3. The average molecular weight is 378 g/mol. The second-order valence-electron chi connectivity index (χ2n) is 5.85. The fourth-order valence-corrected chi connectivity index (χ4v) is 4.31. The van der Waals surface area contributed by atoms with E-state index in [0.29, 0.717) is 6.54 Å². The molecule has 0 bridgehead atoms. The summed E-state index contributed by atoms with van der Waals surface area (Å²) in [7, 11) is 0. The van der Waals surface area contributed by atoms with Crippen molar-refractivity contribution in [3.05, 3.63) is 45.9 Å². The third-order valence-electron chi connectivity index (χ3n) is 3.99. The van der Waals surface area contributed by atoms with Crippen molar-refractivity contribution in [2.24, 2.45) is 0 Å². The van der Waals surface area contributed by atoms with Crippen LogP contribution in [0.2, 0.25) is 0 Å². The Bertz CT molecular complexity index is 699. The van der Waals surface area contributed by atoms with E-state index in [4.69, 9.17) is 4.74 Å². The number of thiazole rings is 1. The van der Waals surface area contributed by atoms with Gasteiger partial charge in [0.05, 0.1) is 29.5 Å². The first-order valence-electron chi connectivity index (χ1n) is 8.43. The van der Waals surface area contributed by atoms with Crippen LogP contribution >= 0.6 is 23.1 Å². The monoisotopic (exact) mass is 377 g/mol. The number of nitrogens with zero attached hydrogens (tertiary/aromatic N) is 2. The number of aryl methyl sites for hydroxylation is 1. The summed E-state index contributed by atoms with van der Waals surface area (Å²) in [6.45, 7) is 6.97. The van der Waals surface area contributed by atoms with E-state index in [9.17, 15) is 4.79 Å². The van der Waals surface area contributed by atoms with Gasteiger partial charge in [-0.05, 0) is 19.1 Å². The third-order valence-corrected chi connectivity index (χ3v) is 5.92. The maximum Gasteiger partial charge on any atom is 0.252 e. The summed E-state index contributed by atoms with van der Waals surface area (Å²) in [5.74, 6) is 0.772. The first-order chi connectivity index (χ1) is 12.2. The highest BCUT2D eigenvalue weighted by Crippen LogP contribution is 2.26. The highest BCUT2D eigenvalue weighted by atomic mass is 32.2. The first kappa shape index (κ1) is 18.4. The van der Waals surface area contributed by atoms with Gasteiger partial charge in [0.25, 0.3) is 5.91 Å². The van der Waals surface area contributed by atoms with E-state index in [1.165, 1.54) is 0 Å². The quantitative estimate of drug-likeness (QED) is 0.752. The summed E-state index contributed by atoms with van der Waals surface area (Å²) < 4.78 is 5.34. The number of nitrogens with one attached hydrogen (secondary N) is 1. The predicted octanol–water partition coefficient (Wildman–Crippen LogP) is 2.81. The molecule has 25 heavy (non-hydrogen) atoms. The molecule has 1 fully saturated rings. The van der Waals surface area contributed by atoms with Gasteiger partial charge in [0.15, 0.2) is 0 Å². The lowest BCUT2D eigenvalue weighted by Gasteiger charge is -2.26. The van der Waals surface area contributed by atoms with Gasteiger partial charge in [-0.2, -0.15) is 0 Å². The molecule has 0 atom stereocenters. The molecule has 1 aliphatic rings. The number of thioether (sulfide) groups is 1. The summed E-state index contributed by atoms with van der Waals surface area (Å²) in [5, 5.41) is 6.19. The van der Waals surface area contributed by atoms with Gasteiger partial charge in [-0.15, -0.1) is 23.1 Å². The average Bonchev–Trinajstić information content (AvgIpc) is 3.06. The summed E-state index contributed by atoms with van der Waals surface area (Å²) in [6.07, 6.45) is 0. The minimum absolute atomic E-state index is 0.00850. The van der Waals surface area contributed by atoms with Gasteiger partial charge in [-0.3, -0.25) is 9.69 Å². The van der Waals surface area contributed by atoms with Gasteiger partial charge >= 0.3 is 0 Å². The maximum absolute atomic E-state index is 12.5. The number of ether oxygens (including phenoxy) is 1. The van der Waals surface area contributed by atoms with Crippen molar-refractivity contribution in [1.29, 1.82) is 0 Å². The fraction of sp³-hybridized carbons (Fsp3) is 0.444. The molecular weight excluding hydrogens is 354 g/mol. The molecule has 2 heterocycles. The molecule has 0 spiro atoms. The molecule has 1 amide bonds. The Balaban J connectivity index is 1.52. The SMILES string of the molecule is Cc1nc(CSc2ccccc2C(=O)NCCN2CCOCC2)cs1. The molecule has 1 saturated heterocycles. The van der Waals surface area contributed by atoms with E-state index in [2.05, 4.69) is 20.6 Å². The van der Waals surface area contributed by atoms with Crippen molar-refractivity contribution in [2.45, 2.75) is 17.6 Å². The van der Waals surface area contributed by atoms with E-state index in [1.807, 2.05) is 31.2 Å². The van der Waals surface area contributed by atoms with E-state index < -0.39 is 0 Å². The van der Waals surface area contributed by atoms with Gasteiger partial charge in [0, 0.05) is 42.2 Å². The Morgan fingerprint density at radius 1 is 1.36 bits per heavy atom. The lowest BCUT2D eigenvalue weighted by Crippen LogP contribution is -2.41. The number of hydrogen-bond donors (Lipinski definition) is 1. The number of amides is 1. The van der Waals surface area contributed by atoms with Crippen LogP contribution in [0.3, 0.4) is 0 Å². The van der Waals surface area contributed by atoms with E-state index in [0.717, 1.165) is 59.8 Å². The summed E-state index contributed by atoms with van der Waals surface area (Å²) in [5.41, 5.74) is 1.80. The minimum Gasteiger partial charge on any atom is -0.379 e. The number of carbonyl (C=O) groups is 1. The van der Waals surface area contributed by atoms with E-state index >= 15 is 0 Å². The van der Waals surface area contributed by atoms with Crippen molar-refractivity contribution in [3.8, 4) is 0 Å². The van der Waals surface area contributed by atoms with Crippen LogP contribution in [0.4, 0.5) is 0 Å². The smallest absolute Gasteiger partial charge is 0.252 e. The largest absolute Gasteiger partial charge is 0.379 e. The lowest BCUT2D eigenvalue weighted by molar-refractivity contribution is 0.0383. The molecule has 0 saturated carbocycles. The Labute approximate surface area is 156 Å². The molecule has 0 unspecified atom stereocenters. The van der Waals surface area contributed by atoms with Gasteiger partial charge in [0.1, 0.15) is 0 Å². The van der Waals surface area contributed by atoms with Crippen LogP contribution in [0.15, 0.2) is 34.5 Å². The zero-order valence-electron chi connectivity index (χ0n) is 14.4. The van der Waals surface area contributed by atoms with Crippen molar-refractivity contribution in [3.63, 3.8) is 0 Å². The van der Waals surface area contributed by atoms with Crippen LogP contribution in [-0.4, -0.2) is 55.2 Å². The third kappa shape index (κ3) is 5.54. The summed E-state index contributed by atoms with van der Waals surface area (Å²) >= 11 is 3.32. The van der Waals surface area contributed by atoms with Gasteiger partial charge in [0.2, 0.25) is 0 Å². The molecule has 0 aliphatic carbocycles. The molecule has 1 aliphatic heterocycles. The molecule has 7 heteroatoms. The van der Waals surface area contributed by atoms with Gasteiger partial charge in [-0.1, -0.05) is 12.1 Å². The van der Waals surface area contributed by atoms with Crippen molar-refractivity contribution < 1.29 is 9.53 Å². The number of morpholine rings is 1. The van der Waals surface area contributed by atoms with Crippen LogP contribution in [0.25, 0.3) is 0 Å². The maximum atomic E-state index is 12.5. The number of rotatable bonds is 7. The molecular formula is C18H23N3O2S2. The van der Waals surface area contributed by atoms with Crippen LogP contribution in [-0.2, 0) is 10.5 Å². The highest BCUT2D eigenvalue weighted by Gasteiger charge is 2.13. The lowest BCUT2D eigenvalue weighted by atomic mass is 10.2. The second kappa shape index (κ2) is 9.33. The number of benzene rings is 1. The van der Waals surface area contributed by atoms with Gasteiger partial charge in [-0.25, -0.2) is 4.98 Å². The Hall–Kier alpha value is -1.41. The fourth-order valence-electron chi connectivity index (χ4n) is 2.65. The minimum atomic E-state index is -0.00850. The zero-order chi connectivity index (χ0) is 17.5. The number of hydrogen-bond acceptors (Lipinski definition) is 6. The highest BCUT2D eigenvalue weighted by molar-refractivity contribution is 7.98. The Kier molecular flexibility index (Phi) is 6.86. The normalized spacial score (nSPS) is 15.2. The first-order valence-corrected chi connectivity index (χ1v) is 10.3. The van der Waals surface area contributed by atoms with Crippen molar-refractivity contribution in [2.75, 3.05) is 39.4 Å². The molecule has 5 nitrogen and oxygen atoms in total. The molecule has 1 N–H and O–H groups in total. The van der Waals surface area contributed by atoms with Crippen molar-refractivity contribution in [1.82, 2.24) is 15.2 Å². The van der Waals surface area contributed by atoms with Crippen LogP contribution < -0.4 is 5.32 Å². The number of carbonyl (C=O) groups excluding carboxylic acids is 1. The zero-order valence-corrected chi connectivity index (χ0v) is 16.0. The standard InChI is InChI=1S/C18H23N3O2S2/c1-14-20-15(12-24-14)13-25-17-5-3-2-4-16(17)18(22)19-6-7-21-8-10-23-11-9-21/h2-5,12H,6-11,13H2,1H3,(H,19,22). The number of aromatic nitrogens is 1. The van der Waals surface area contributed by atoms with Crippen LogP contribution in [0.5, 0.6) is 0 Å². The van der Waals surface area contributed by atoms with Gasteiger partial charge < -0.3 is 10.1 Å². The Morgan fingerprint density at radius 2 is 2.16 bits per heavy atom. The topological polar surface area (TPSA) is 54.5 Å². The second-order valence-corrected chi connectivity index (χ2v) is 7.93. The molecule has 1 aromatic carbocycles. The van der Waals surface area contributed by atoms with E-state index in [1.54, 1.807) is 23.1 Å². The molecule has 134 valence electrons. The molecule has 3 rings (SSSR count). The van der Waals surface area contributed by atoms with E-state index in [-0.39, 0.29) is 5.91 Å². The van der Waals surface area contributed by atoms with Crippen molar-refractivity contribution >= 4 is 29.0 Å². The summed E-state index contributed by atoms with van der Waals surface area (Å²) in [6, 6.07) is 7.77. The van der Waals surface area contributed by atoms with Crippen LogP contribution in [0, 0.1) is 6.92 Å². The van der Waals surface area contributed by atoms with Crippen LogP contribution in [0.1, 0.15) is 21.1 Å².